The molecule has 0 spiro atoms. The Morgan fingerprint density at radius 1 is 0.500 bits per heavy atom. The van der Waals surface area contributed by atoms with E-state index in [1.54, 1.807) is 0 Å². The highest BCUT2D eigenvalue weighted by Gasteiger charge is 2.18. The average molecular weight is 195 g/mol. The fourth-order valence-electron chi connectivity index (χ4n) is 3.05. The van der Waals surface area contributed by atoms with E-state index in [0.717, 1.165) is 12.1 Å². The summed E-state index contributed by atoms with van der Waals surface area (Å²) in [7, 11) is 0. The lowest BCUT2D eigenvalue weighted by Crippen LogP contribution is -2.39. The van der Waals surface area contributed by atoms with Crippen molar-refractivity contribution >= 4 is 0 Å². The van der Waals surface area contributed by atoms with Crippen LogP contribution in [0.1, 0.15) is 70.6 Å². The van der Waals surface area contributed by atoms with Crippen molar-refractivity contribution in [1.82, 2.24) is 5.32 Å². The molecule has 2 aliphatic rings. The monoisotopic (exact) mass is 195 g/mol. The SMILES string of the molecule is C1CCCC2CCCCCC(CC1)N2. The van der Waals surface area contributed by atoms with E-state index in [4.69, 9.17) is 0 Å². The third-order valence-corrected chi connectivity index (χ3v) is 3.93. The largest absolute Gasteiger partial charge is 0.311 e. The van der Waals surface area contributed by atoms with Crippen LogP contribution in [0.5, 0.6) is 0 Å². The molecular formula is C13H25N. The van der Waals surface area contributed by atoms with Crippen LogP contribution < -0.4 is 5.32 Å². The van der Waals surface area contributed by atoms with E-state index in [2.05, 4.69) is 5.32 Å². The molecule has 1 N–H and O–H groups in total. The zero-order chi connectivity index (χ0) is 9.64. The average Bonchev–Trinajstić information content (AvgIpc) is 2.26. The van der Waals surface area contributed by atoms with Crippen molar-refractivity contribution in [3.05, 3.63) is 0 Å². The molecule has 2 bridgehead atoms. The second kappa shape index (κ2) is 5.75. The second-order valence-corrected chi connectivity index (χ2v) is 5.19. The Morgan fingerprint density at radius 2 is 0.857 bits per heavy atom. The lowest BCUT2D eigenvalue weighted by atomic mass is 9.96. The van der Waals surface area contributed by atoms with Gasteiger partial charge in [0.25, 0.3) is 0 Å². The Balaban J connectivity index is 1.90. The Hall–Kier alpha value is -0.0400. The lowest BCUT2D eigenvalue weighted by Gasteiger charge is -2.27. The van der Waals surface area contributed by atoms with Gasteiger partial charge in [-0.2, -0.15) is 0 Å². The molecule has 2 atom stereocenters. The predicted molar refractivity (Wildman–Crippen MR) is 61.5 cm³/mol. The highest BCUT2D eigenvalue weighted by atomic mass is 14.9. The first kappa shape index (κ1) is 10.5. The van der Waals surface area contributed by atoms with Crippen molar-refractivity contribution in [2.24, 2.45) is 0 Å². The van der Waals surface area contributed by atoms with Crippen LogP contribution in [0.15, 0.2) is 0 Å². The normalized spacial score (nSPS) is 36.0. The van der Waals surface area contributed by atoms with Crippen molar-refractivity contribution < 1.29 is 0 Å². The Bertz CT molecular complexity index is 139. The molecule has 2 heterocycles. The summed E-state index contributed by atoms with van der Waals surface area (Å²) < 4.78 is 0. The molecule has 14 heavy (non-hydrogen) atoms. The van der Waals surface area contributed by atoms with Crippen LogP contribution in [0.4, 0.5) is 0 Å². The van der Waals surface area contributed by atoms with Gasteiger partial charge in [-0.05, 0) is 25.7 Å². The van der Waals surface area contributed by atoms with Gasteiger partial charge in [0.05, 0.1) is 0 Å². The summed E-state index contributed by atoms with van der Waals surface area (Å²) >= 11 is 0. The van der Waals surface area contributed by atoms with Crippen LogP contribution in [0.3, 0.4) is 0 Å². The van der Waals surface area contributed by atoms with Gasteiger partial charge >= 0.3 is 0 Å². The molecule has 0 radical (unpaired) electrons. The predicted octanol–water partition coefficient (Wildman–Crippen LogP) is 3.63. The van der Waals surface area contributed by atoms with E-state index in [1.165, 1.54) is 70.6 Å². The minimum Gasteiger partial charge on any atom is -0.311 e. The van der Waals surface area contributed by atoms with Crippen molar-refractivity contribution in [1.29, 1.82) is 0 Å². The summed E-state index contributed by atoms with van der Waals surface area (Å²) in [5, 5.41) is 3.90. The van der Waals surface area contributed by atoms with Gasteiger partial charge in [-0.3, -0.25) is 0 Å². The molecule has 0 aromatic heterocycles. The van der Waals surface area contributed by atoms with Crippen molar-refractivity contribution in [3.8, 4) is 0 Å². The van der Waals surface area contributed by atoms with Crippen molar-refractivity contribution in [3.63, 3.8) is 0 Å². The maximum Gasteiger partial charge on any atom is 0.00696 e. The molecule has 2 fully saturated rings. The Labute approximate surface area is 88.7 Å². The molecule has 0 aliphatic carbocycles. The van der Waals surface area contributed by atoms with Gasteiger partial charge < -0.3 is 5.32 Å². The van der Waals surface area contributed by atoms with Crippen LogP contribution in [0.25, 0.3) is 0 Å². The Kier molecular flexibility index (Phi) is 4.30. The minimum absolute atomic E-state index is 0.860. The molecule has 0 saturated carbocycles. The number of nitrogens with one attached hydrogen (secondary N) is 1. The fraction of sp³-hybridized carbons (Fsp3) is 1.00. The zero-order valence-electron chi connectivity index (χ0n) is 9.43. The van der Waals surface area contributed by atoms with E-state index < -0.39 is 0 Å². The molecule has 0 aromatic rings. The molecule has 82 valence electrons. The third-order valence-electron chi connectivity index (χ3n) is 3.93. The first-order chi connectivity index (χ1) is 6.95. The molecule has 2 saturated heterocycles. The summed E-state index contributed by atoms with van der Waals surface area (Å²) in [6.07, 6.45) is 16.0. The van der Waals surface area contributed by atoms with E-state index in [-0.39, 0.29) is 0 Å². The maximum absolute atomic E-state index is 3.90. The summed E-state index contributed by atoms with van der Waals surface area (Å²) in [6.45, 7) is 0. The Morgan fingerprint density at radius 3 is 1.29 bits per heavy atom. The summed E-state index contributed by atoms with van der Waals surface area (Å²) in [5.74, 6) is 0. The first-order valence-electron chi connectivity index (χ1n) is 6.71. The molecule has 2 unspecified atom stereocenters. The molecule has 2 rings (SSSR count). The van der Waals surface area contributed by atoms with Gasteiger partial charge in [0.2, 0.25) is 0 Å². The van der Waals surface area contributed by atoms with Crippen LogP contribution in [0.2, 0.25) is 0 Å². The molecule has 1 heteroatoms. The third kappa shape index (κ3) is 3.27. The number of hydrogen-bond acceptors (Lipinski definition) is 1. The van der Waals surface area contributed by atoms with Gasteiger partial charge in [0.15, 0.2) is 0 Å². The summed E-state index contributed by atoms with van der Waals surface area (Å²) in [5.41, 5.74) is 0. The zero-order valence-corrected chi connectivity index (χ0v) is 9.43. The molecule has 2 aliphatic heterocycles. The van der Waals surface area contributed by atoms with Gasteiger partial charge in [0.1, 0.15) is 0 Å². The molecular weight excluding hydrogens is 170 g/mol. The van der Waals surface area contributed by atoms with Crippen molar-refractivity contribution in [2.45, 2.75) is 82.7 Å². The summed E-state index contributed by atoms with van der Waals surface area (Å²) in [6, 6.07) is 1.72. The van der Waals surface area contributed by atoms with Crippen LogP contribution in [0, 0.1) is 0 Å². The van der Waals surface area contributed by atoms with Crippen molar-refractivity contribution in [2.75, 3.05) is 0 Å². The van der Waals surface area contributed by atoms with Gasteiger partial charge in [-0.25, -0.2) is 0 Å². The number of fused-ring (bicyclic) bond motifs is 2. The van der Waals surface area contributed by atoms with Gasteiger partial charge in [-0.15, -0.1) is 0 Å². The van der Waals surface area contributed by atoms with Gasteiger partial charge in [-0.1, -0.05) is 44.9 Å². The first-order valence-corrected chi connectivity index (χ1v) is 6.71. The number of hydrogen-bond donors (Lipinski definition) is 1. The summed E-state index contributed by atoms with van der Waals surface area (Å²) in [4.78, 5) is 0. The quantitative estimate of drug-likeness (QED) is 0.622. The van der Waals surface area contributed by atoms with Gasteiger partial charge in [0, 0.05) is 12.1 Å². The fourth-order valence-corrected chi connectivity index (χ4v) is 3.05. The van der Waals surface area contributed by atoms with Crippen LogP contribution in [-0.4, -0.2) is 12.1 Å². The van der Waals surface area contributed by atoms with Crippen LogP contribution in [-0.2, 0) is 0 Å². The maximum atomic E-state index is 3.90. The highest BCUT2D eigenvalue weighted by molar-refractivity contribution is 4.78. The van der Waals surface area contributed by atoms with E-state index >= 15 is 0 Å². The number of rotatable bonds is 0. The topological polar surface area (TPSA) is 12.0 Å². The molecule has 1 nitrogen and oxygen atoms in total. The van der Waals surface area contributed by atoms with E-state index in [9.17, 15) is 0 Å². The lowest BCUT2D eigenvalue weighted by molar-refractivity contribution is 0.324. The van der Waals surface area contributed by atoms with Crippen LogP contribution >= 0.6 is 0 Å². The smallest absolute Gasteiger partial charge is 0.00696 e. The van der Waals surface area contributed by atoms with E-state index in [1.807, 2.05) is 0 Å². The second-order valence-electron chi connectivity index (χ2n) is 5.19. The molecule has 0 amide bonds. The minimum atomic E-state index is 0.860. The standard InChI is InChI=1S/C13H25N/c1-2-5-9-13-11-7-3-6-10-12(14-13)8-4-1/h12-14H,1-11H2. The van der Waals surface area contributed by atoms with E-state index in [0.29, 0.717) is 0 Å². The highest BCUT2D eigenvalue weighted by Crippen LogP contribution is 2.22. The molecule has 0 aromatic carbocycles.